The van der Waals surface area contributed by atoms with Crippen molar-refractivity contribution >= 4 is 23.8 Å². The Kier molecular flexibility index (Phi) is 10.3. The van der Waals surface area contributed by atoms with Crippen LogP contribution in [0.1, 0.15) is 78.5 Å². The topological polar surface area (TPSA) is 131 Å². The lowest BCUT2D eigenvalue weighted by Crippen LogP contribution is -2.54. The van der Waals surface area contributed by atoms with Gasteiger partial charge in [0.25, 0.3) is 0 Å². The van der Waals surface area contributed by atoms with E-state index in [0.717, 1.165) is 0 Å². The number of alkyl carbamates (subject to hydrolysis) is 1. The number of likely N-dealkylation sites (N-methyl/N-ethyl adjacent to an activating group) is 1. The first-order valence-corrected chi connectivity index (χ1v) is 11.5. The van der Waals surface area contributed by atoms with Crippen molar-refractivity contribution in [3.63, 3.8) is 0 Å². The molecule has 4 N–H and O–H groups in total. The Bertz CT molecular complexity index is 952. The molecule has 1 aromatic rings. The van der Waals surface area contributed by atoms with E-state index in [0.29, 0.717) is 11.1 Å². The van der Waals surface area contributed by atoms with E-state index in [-0.39, 0.29) is 19.4 Å². The molecule has 9 heteroatoms. The monoisotopic (exact) mass is 486 g/mol. The Morgan fingerprint density at radius 3 is 2.09 bits per heavy atom. The zero-order valence-electron chi connectivity index (χ0n) is 21.7. The van der Waals surface area contributed by atoms with Crippen molar-refractivity contribution in [3.8, 4) is 12.3 Å². The summed E-state index contributed by atoms with van der Waals surface area (Å²) in [5, 5.41) is 5.45. The van der Waals surface area contributed by atoms with Crippen molar-refractivity contribution in [2.45, 2.75) is 84.5 Å². The second kappa shape index (κ2) is 12.2. The van der Waals surface area contributed by atoms with Gasteiger partial charge in [0.1, 0.15) is 17.7 Å². The Morgan fingerprint density at radius 2 is 1.66 bits per heavy atom. The summed E-state index contributed by atoms with van der Waals surface area (Å²) >= 11 is 0. The molecular weight excluding hydrogens is 448 g/mol. The van der Waals surface area contributed by atoms with Gasteiger partial charge in [0, 0.05) is 24.1 Å². The molecule has 0 aliphatic heterocycles. The lowest BCUT2D eigenvalue weighted by atomic mass is 9.99. The highest BCUT2D eigenvalue weighted by Crippen LogP contribution is 2.24. The van der Waals surface area contributed by atoms with E-state index >= 15 is 0 Å². The molecule has 0 aromatic heterocycles. The third-order valence-corrected chi connectivity index (χ3v) is 4.74. The van der Waals surface area contributed by atoms with Gasteiger partial charge in [-0.05, 0) is 72.6 Å². The summed E-state index contributed by atoms with van der Waals surface area (Å²) < 4.78 is 5.29. The van der Waals surface area contributed by atoms with Crippen LogP contribution in [0.15, 0.2) is 24.3 Å². The Morgan fingerprint density at radius 1 is 1.09 bits per heavy atom. The van der Waals surface area contributed by atoms with Crippen molar-refractivity contribution in [2.75, 3.05) is 6.54 Å². The maximum absolute atomic E-state index is 13.7. The fourth-order valence-corrected chi connectivity index (χ4v) is 3.33. The van der Waals surface area contributed by atoms with E-state index in [9.17, 15) is 19.2 Å². The Hall–Kier alpha value is -3.54. The summed E-state index contributed by atoms with van der Waals surface area (Å²) in [6.45, 7) is 12.5. The van der Waals surface area contributed by atoms with Crippen LogP contribution in [-0.2, 0) is 19.1 Å². The number of rotatable bonds is 9. The molecule has 9 nitrogen and oxygen atoms in total. The number of carbonyl (C=O) groups excluding carboxylic acids is 4. The number of hydrogen-bond acceptors (Lipinski definition) is 5. The smallest absolute Gasteiger partial charge is 0.408 e. The number of terminal acetylenes is 1. The zero-order chi connectivity index (χ0) is 27.0. The van der Waals surface area contributed by atoms with E-state index in [1.54, 1.807) is 52.0 Å². The minimum absolute atomic E-state index is 0.0481. The van der Waals surface area contributed by atoms with Gasteiger partial charge in [-0.25, -0.2) is 4.79 Å². The number of nitrogens with one attached hydrogen (secondary N) is 2. The van der Waals surface area contributed by atoms with Crippen LogP contribution in [0, 0.1) is 12.3 Å². The van der Waals surface area contributed by atoms with E-state index in [4.69, 9.17) is 16.9 Å². The van der Waals surface area contributed by atoms with Crippen molar-refractivity contribution in [1.29, 1.82) is 0 Å². The van der Waals surface area contributed by atoms with Gasteiger partial charge in [0.05, 0.1) is 0 Å². The quantitative estimate of drug-likeness (QED) is 0.462. The minimum atomic E-state index is -1.13. The summed E-state index contributed by atoms with van der Waals surface area (Å²) in [5.74, 6) is 0.962. The van der Waals surface area contributed by atoms with Gasteiger partial charge < -0.3 is 26.0 Å². The largest absolute Gasteiger partial charge is 0.444 e. The molecule has 4 amide bonds. The van der Waals surface area contributed by atoms with E-state index in [1.165, 1.54) is 4.90 Å². The van der Waals surface area contributed by atoms with Crippen LogP contribution < -0.4 is 16.4 Å². The highest BCUT2D eigenvalue weighted by molar-refractivity contribution is 5.92. The second-order valence-electron chi connectivity index (χ2n) is 10.2. The fourth-order valence-electron chi connectivity index (χ4n) is 3.33. The van der Waals surface area contributed by atoms with Crippen LogP contribution in [0.4, 0.5) is 4.79 Å². The van der Waals surface area contributed by atoms with E-state index in [1.807, 2.05) is 20.8 Å². The van der Waals surface area contributed by atoms with E-state index in [2.05, 4.69) is 16.6 Å². The highest BCUT2D eigenvalue weighted by Gasteiger charge is 2.36. The predicted molar refractivity (Wildman–Crippen MR) is 134 cm³/mol. The third kappa shape index (κ3) is 10.1. The van der Waals surface area contributed by atoms with Crippen molar-refractivity contribution < 1.29 is 23.9 Å². The fraction of sp³-hybridized carbons (Fsp3) is 0.538. The zero-order valence-corrected chi connectivity index (χ0v) is 21.7. The summed E-state index contributed by atoms with van der Waals surface area (Å²) in [5.41, 5.74) is 5.12. The molecule has 0 aliphatic rings. The maximum Gasteiger partial charge on any atom is 0.408 e. The standard InChI is InChI=1S/C26H38N4O5/c1-9-17-11-13-18(14-12-17)21(22(32)29-25(3,4)5)30(10-2)23(33)19(15-16-20(27)31)28-24(34)35-26(6,7)8/h1,11-14,19,21H,10,15-16H2,2-8H3,(H2,27,31)(H,28,34)(H,29,32). The molecule has 0 spiro atoms. The van der Waals surface area contributed by atoms with Gasteiger partial charge in [-0.3, -0.25) is 14.4 Å². The molecule has 1 aromatic carbocycles. The third-order valence-electron chi connectivity index (χ3n) is 4.74. The molecule has 35 heavy (non-hydrogen) atoms. The predicted octanol–water partition coefficient (Wildman–Crippen LogP) is 2.63. The molecular formula is C26H38N4O5. The molecule has 1 rings (SSSR count). The lowest BCUT2D eigenvalue weighted by molar-refractivity contribution is -0.143. The van der Waals surface area contributed by atoms with Crippen molar-refractivity contribution in [1.82, 2.24) is 15.5 Å². The molecule has 0 fully saturated rings. The van der Waals surface area contributed by atoms with Crippen LogP contribution in [0.3, 0.4) is 0 Å². The van der Waals surface area contributed by atoms with E-state index < -0.39 is 47.0 Å². The van der Waals surface area contributed by atoms with Crippen LogP contribution in [0.5, 0.6) is 0 Å². The average Bonchev–Trinajstić information content (AvgIpc) is 2.71. The van der Waals surface area contributed by atoms with Crippen molar-refractivity contribution in [3.05, 3.63) is 35.4 Å². The molecule has 0 bridgehead atoms. The second-order valence-corrected chi connectivity index (χ2v) is 10.2. The van der Waals surface area contributed by atoms with Gasteiger partial charge >= 0.3 is 6.09 Å². The molecule has 0 saturated carbocycles. The SMILES string of the molecule is C#Cc1ccc(C(C(=O)NC(C)(C)C)N(CC)C(=O)C(CCC(N)=O)NC(=O)OC(C)(C)C)cc1. The first kappa shape index (κ1) is 29.5. The maximum atomic E-state index is 13.7. The van der Waals surface area contributed by atoms with Crippen LogP contribution in [0.2, 0.25) is 0 Å². The first-order valence-electron chi connectivity index (χ1n) is 11.5. The first-order chi connectivity index (χ1) is 16.1. The lowest BCUT2D eigenvalue weighted by Gasteiger charge is -2.35. The Labute approximate surface area is 208 Å². The number of amides is 4. The number of hydrogen-bond donors (Lipinski definition) is 3. The van der Waals surface area contributed by atoms with Gasteiger partial charge in [0.2, 0.25) is 17.7 Å². The van der Waals surface area contributed by atoms with Gasteiger partial charge in [-0.1, -0.05) is 18.1 Å². The molecule has 2 atom stereocenters. The molecule has 0 heterocycles. The number of benzene rings is 1. The summed E-state index contributed by atoms with van der Waals surface area (Å²) in [6.07, 6.45) is 4.46. The molecule has 0 radical (unpaired) electrons. The average molecular weight is 487 g/mol. The van der Waals surface area contributed by atoms with Crippen molar-refractivity contribution in [2.24, 2.45) is 5.73 Å². The van der Waals surface area contributed by atoms with Gasteiger partial charge in [-0.15, -0.1) is 6.42 Å². The number of ether oxygens (including phenoxy) is 1. The van der Waals surface area contributed by atoms with Gasteiger partial charge in [-0.2, -0.15) is 0 Å². The summed E-state index contributed by atoms with van der Waals surface area (Å²) in [4.78, 5) is 52.3. The molecule has 192 valence electrons. The number of nitrogens with zero attached hydrogens (tertiary/aromatic N) is 1. The number of carbonyl (C=O) groups is 4. The van der Waals surface area contributed by atoms with Crippen LogP contribution in [-0.4, -0.2) is 52.4 Å². The number of nitrogens with two attached hydrogens (primary N) is 1. The van der Waals surface area contributed by atoms with Gasteiger partial charge in [0.15, 0.2) is 0 Å². The molecule has 0 saturated heterocycles. The number of primary amides is 1. The Balaban J connectivity index is 3.42. The summed E-state index contributed by atoms with van der Waals surface area (Å²) in [7, 11) is 0. The molecule has 0 aliphatic carbocycles. The molecule has 2 unspecified atom stereocenters. The minimum Gasteiger partial charge on any atom is -0.444 e. The highest BCUT2D eigenvalue weighted by atomic mass is 16.6. The summed E-state index contributed by atoms with van der Waals surface area (Å²) in [6, 6.07) is 4.63. The normalized spacial score (nSPS) is 13.1. The van der Waals surface area contributed by atoms with Crippen LogP contribution in [0.25, 0.3) is 0 Å². The van der Waals surface area contributed by atoms with Crippen LogP contribution >= 0.6 is 0 Å².